The second-order valence-corrected chi connectivity index (χ2v) is 7.99. The zero-order valence-electron chi connectivity index (χ0n) is 13.6. The highest BCUT2D eigenvalue weighted by molar-refractivity contribution is 9.10. The number of carbonyl (C=O) groups excluding carboxylic acids is 1. The molecular weight excluding hydrogens is 358 g/mol. The van der Waals surface area contributed by atoms with Crippen LogP contribution < -0.4 is 5.32 Å². The van der Waals surface area contributed by atoms with Gasteiger partial charge >= 0.3 is 6.09 Å². The molecule has 23 heavy (non-hydrogen) atoms. The molecule has 1 saturated carbocycles. The number of carbonyl (C=O) groups is 1. The van der Waals surface area contributed by atoms with E-state index in [-0.39, 0.29) is 18.1 Å². The van der Waals surface area contributed by atoms with Crippen molar-refractivity contribution in [3.63, 3.8) is 0 Å². The third-order valence-corrected chi connectivity index (χ3v) is 4.52. The SMILES string of the molecule is CC(C)(C)OC(=O)N[C@@H]1CCC[C@@H]1c1nc2ccc(Br)cc2[nH]1. The van der Waals surface area contributed by atoms with Crippen LogP contribution in [0.4, 0.5) is 4.79 Å². The number of halogens is 1. The van der Waals surface area contributed by atoms with E-state index in [1.807, 2.05) is 39.0 Å². The normalized spacial score (nSPS) is 21.6. The third-order valence-electron chi connectivity index (χ3n) is 4.03. The molecule has 0 radical (unpaired) electrons. The quantitative estimate of drug-likeness (QED) is 0.807. The van der Waals surface area contributed by atoms with Crippen molar-refractivity contribution < 1.29 is 9.53 Å². The van der Waals surface area contributed by atoms with Crippen LogP contribution >= 0.6 is 15.9 Å². The van der Waals surface area contributed by atoms with Gasteiger partial charge in [0.05, 0.1) is 11.0 Å². The Morgan fingerprint density at radius 1 is 1.39 bits per heavy atom. The molecule has 1 heterocycles. The average molecular weight is 380 g/mol. The van der Waals surface area contributed by atoms with Gasteiger partial charge in [0.2, 0.25) is 0 Å². The summed E-state index contributed by atoms with van der Waals surface area (Å²) in [5.41, 5.74) is 1.48. The monoisotopic (exact) mass is 379 g/mol. The Bertz CT molecular complexity index is 720. The minimum absolute atomic E-state index is 0.0638. The number of benzene rings is 1. The molecule has 1 aliphatic rings. The van der Waals surface area contributed by atoms with Crippen LogP contribution in [0.1, 0.15) is 51.8 Å². The zero-order chi connectivity index (χ0) is 16.6. The maximum Gasteiger partial charge on any atom is 0.407 e. The summed E-state index contributed by atoms with van der Waals surface area (Å²) >= 11 is 3.48. The number of ether oxygens (including phenoxy) is 1. The highest BCUT2D eigenvalue weighted by atomic mass is 79.9. The summed E-state index contributed by atoms with van der Waals surface area (Å²) in [4.78, 5) is 20.1. The van der Waals surface area contributed by atoms with Gasteiger partial charge in [-0.3, -0.25) is 0 Å². The minimum Gasteiger partial charge on any atom is -0.444 e. The fraction of sp³-hybridized carbons (Fsp3) is 0.529. The van der Waals surface area contributed by atoms with Crippen LogP contribution in [-0.2, 0) is 4.74 Å². The van der Waals surface area contributed by atoms with Gasteiger partial charge in [-0.25, -0.2) is 9.78 Å². The molecule has 5 nitrogen and oxygen atoms in total. The van der Waals surface area contributed by atoms with E-state index >= 15 is 0 Å². The van der Waals surface area contributed by atoms with Gasteiger partial charge in [0.1, 0.15) is 11.4 Å². The van der Waals surface area contributed by atoms with Gasteiger partial charge in [-0.1, -0.05) is 22.4 Å². The summed E-state index contributed by atoms with van der Waals surface area (Å²) < 4.78 is 6.39. The summed E-state index contributed by atoms with van der Waals surface area (Å²) in [6.45, 7) is 5.61. The molecule has 2 aromatic rings. The van der Waals surface area contributed by atoms with Crippen molar-refractivity contribution in [3.05, 3.63) is 28.5 Å². The molecule has 0 aliphatic heterocycles. The van der Waals surface area contributed by atoms with E-state index in [0.717, 1.165) is 40.6 Å². The minimum atomic E-state index is -0.482. The number of amides is 1. The van der Waals surface area contributed by atoms with E-state index < -0.39 is 5.60 Å². The van der Waals surface area contributed by atoms with Gasteiger partial charge in [0, 0.05) is 16.4 Å². The predicted molar refractivity (Wildman–Crippen MR) is 93.5 cm³/mol. The van der Waals surface area contributed by atoms with Crippen LogP contribution in [0.25, 0.3) is 11.0 Å². The second kappa shape index (κ2) is 6.15. The van der Waals surface area contributed by atoms with E-state index in [1.165, 1.54) is 0 Å². The Morgan fingerprint density at radius 3 is 2.91 bits per heavy atom. The lowest BCUT2D eigenvalue weighted by Crippen LogP contribution is -2.40. The van der Waals surface area contributed by atoms with Gasteiger partial charge in [-0.15, -0.1) is 0 Å². The lowest BCUT2D eigenvalue weighted by molar-refractivity contribution is 0.0500. The molecule has 6 heteroatoms. The highest BCUT2D eigenvalue weighted by Crippen LogP contribution is 2.34. The molecule has 0 unspecified atom stereocenters. The number of hydrogen-bond acceptors (Lipinski definition) is 3. The molecule has 1 fully saturated rings. The average Bonchev–Trinajstić information content (AvgIpc) is 3.01. The summed E-state index contributed by atoms with van der Waals surface area (Å²) in [6.07, 6.45) is 2.69. The number of hydrogen-bond donors (Lipinski definition) is 2. The summed E-state index contributed by atoms with van der Waals surface area (Å²) in [5, 5.41) is 3.01. The molecule has 0 saturated heterocycles. The third kappa shape index (κ3) is 3.86. The topological polar surface area (TPSA) is 67.0 Å². The smallest absolute Gasteiger partial charge is 0.407 e. The lowest BCUT2D eigenvalue weighted by atomic mass is 10.0. The van der Waals surface area contributed by atoms with E-state index in [2.05, 4.69) is 26.2 Å². The number of alkyl carbamates (subject to hydrolysis) is 1. The van der Waals surface area contributed by atoms with Crippen molar-refractivity contribution >= 4 is 33.1 Å². The fourth-order valence-electron chi connectivity index (χ4n) is 3.10. The van der Waals surface area contributed by atoms with Crippen molar-refractivity contribution in [2.24, 2.45) is 0 Å². The van der Waals surface area contributed by atoms with Crippen LogP contribution in [0.3, 0.4) is 0 Å². The largest absolute Gasteiger partial charge is 0.444 e. The lowest BCUT2D eigenvalue weighted by Gasteiger charge is -2.24. The first-order valence-corrected chi connectivity index (χ1v) is 8.76. The molecule has 2 N–H and O–H groups in total. The molecule has 124 valence electrons. The number of nitrogens with one attached hydrogen (secondary N) is 2. The van der Waals surface area contributed by atoms with Crippen molar-refractivity contribution in [1.82, 2.24) is 15.3 Å². The molecule has 2 atom stereocenters. The number of aromatic amines is 1. The zero-order valence-corrected chi connectivity index (χ0v) is 15.2. The summed E-state index contributed by atoms with van der Waals surface area (Å²) in [7, 11) is 0. The predicted octanol–water partition coefficient (Wildman–Crippen LogP) is 4.49. The molecule has 1 aliphatic carbocycles. The van der Waals surface area contributed by atoms with E-state index in [1.54, 1.807) is 0 Å². The first-order valence-electron chi connectivity index (χ1n) is 7.96. The maximum absolute atomic E-state index is 12.0. The number of nitrogens with zero attached hydrogens (tertiary/aromatic N) is 1. The number of rotatable bonds is 2. The Kier molecular flexibility index (Phi) is 4.36. The van der Waals surface area contributed by atoms with Crippen molar-refractivity contribution in [3.8, 4) is 0 Å². The molecule has 0 spiro atoms. The summed E-state index contributed by atoms with van der Waals surface area (Å²) in [5.74, 6) is 1.14. The van der Waals surface area contributed by atoms with Gasteiger partial charge in [-0.05, 0) is 51.8 Å². The maximum atomic E-state index is 12.0. The highest BCUT2D eigenvalue weighted by Gasteiger charge is 2.33. The molecule has 3 rings (SSSR count). The van der Waals surface area contributed by atoms with Gasteiger partial charge in [-0.2, -0.15) is 0 Å². The Hall–Kier alpha value is -1.56. The van der Waals surface area contributed by atoms with E-state index in [9.17, 15) is 4.79 Å². The number of imidazole rings is 1. The molecular formula is C17H22BrN3O2. The Balaban J connectivity index is 1.76. The first kappa shape index (κ1) is 16.3. The number of H-pyrrole nitrogens is 1. The van der Waals surface area contributed by atoms with Gasteiger partial charge in [0.25, 0.3) is 0 Å². The van der Waals surface area contributed by atoms with Crippen LogP contribution in [-0.4, -0.2) is 27.7 Å². The van der Waals surface area contributed by atoms with Crippen molar-refractivity contribution in [1.29, 1.82) is 0 Å². The van der Waals surface area contributed by atoms with Crippen molar-refractivity contribution in [2.75, 3.05) is 0 Å². The molecule has 1 amide bonds. The molecule has 0 bridgehead atoms. The van der Waals surface area contributed by atoms with Gasteiger partial charge in [0.15, 0.2) is 0 Å². The second-order valence-electron chi connectivity index (χ2n) is 7.07. The van der Waals surface area contributed by atoms with Crippen LogP contribution in [0.2, 0.25) is 0 Å². The van der Waals surface area contributed by atoms with Crippen molar-refractivity contribution in [2.45, 2.75) is 57.6 Å². The standard InChI is InChI=1S/C17H22BrN3O2/c1-17(2,3)23-16(22)21-12-6-4-5-11(12)15-19-13-8-7-10(18)9-14(13)20-15/h7-9,11-12H,4-6H2,1-3H3,(H,19,20)(H,21,22)/t11-,12+/m0/s1. The molecule has 1 aromatic heterocycles. The van der Waals surface area contributed by atoms with E-state index in [0.29, 0.717) is 0 Å². The van der Waals surface area contributed by atoms with E-state index in [4.69, 9.17) is 9.72 Å². The molecule has 1 aromatic carbocycles. The van der Waals surface area contributed by atoms with Gasteiger partial charge < -0.3 is 15.0 Å². The van der Waals surface area contributed by atoms with Crippen LogP contribution in [0.5, 0.6) is 0 Å². The van der Waals surface area contributed by atoms with Crippen LogP contribution in [0, 0.1) is 0 Å². The number of aromatic nitrogens is 2. The summed E-state index contributed by atoms with van der Waals surface area (Å²) in [6, 6.07) is 6.06. The Morgan fingerprint density at radius 2 is 2.17 bits per heavy atom. The fourth-order valence-corrected chi connectivity index (χ4v) is 3.46. The first-order chi connectivity index (χ1) is 10.8. The number of fused-ring (bicyclic) bond motifs is 1. The Labute approximate surface area is 144 Å². The van der Waals surface area contributed by atoms with Crippen LogP contribution in [0.15, 0.2) is 22.7 Å².